The highest BCUT2D eigenvalue weighted by molar-refractivity contribution is 5.80. The fourth-order valence-electron chi connectivity index (χ4n) is 4.13. The lowest BCUT2D eigenvalue weighted by molar-refractivity contribution is -0.00843. The number of ether oxygens (including phenoxy) is 1. The van der Waals surface area contributed by atoms with Crippen LogP contribution < -0.4 is 5.32 Å². The molecule has 7 nitrogen and oxygen atoms in total. The molecule has 0 saturated carbocycles. The van der Waals surface area contributed by atoms with Gasteiger partial charge in [0.25, 0.3) is 0 Å². The van der Waals surface area contributed by atoms with Crippen LogP contribution in [0.25, 0.3) is 0 Å². The Labute approximate surface area is 163 Å². The van der Waals surface area contributed by atoms with Crippen molar-refractivity contribution >= 4 is 5.96 Å². The molecule has 2 aliphatic heterocycles. The molecule has 1 aromatic rings. The second kappa shape index (κ2) is 8.61. The first-order chi connectivity index (χ1) is 12.9. The first kappa shape index (κ1) is 20.1. The van der Waals surface area contributed by atoms with Gasteiger partial charge in [0.05, 0.1) is 19.3 Å². The zero-order valence-corrected chi connectivity index (χ0v) is 17.6. The van der Waals surface area contributed by atoms with E-state index < -0.39 is 0 Å². The predicted molar refractivity (Wildman–Crippen MR) is 109 cm³/mol. The first-order valence-electron chi connectivity index (χ1n) is 10.2. The molecule has 1 aromatic heterocycles. The molecule has 3 heterocycles. The fourth-order valence-corrected chi connectivity index (χ4v) is 4.13. The number of guanidine groups is 1. The standard InChI is InChI=1S/C20H36N6O/c1-16-7-6-8-26(12-16)20(2,3)15-22-19(21-4)25-9-10-27-18(14-25)17-11-23-24(5)13-17/h11,13,16,18H,6-10,12,14-15H2,1-5H3,(H,21,22). The molecular weight excluding hydrogens is 340 g/mol. The van der Waals surface area contributed by atoms with Crippen LogP contribution in [-0.4, -0.2) is 77.5 Å². The molecule has 0 spiro atoms. The van der Waals surface area contributed by atoms with Crippen molar-refractivity contribution < 1.29 is 4.74 Å². The number of hydrogen-bond donors (Lipinski definition) is 1. The van der Waals surface area contributed by atoms with Gasteiger partial charge in [-0.25, -0.2) is 0 Å². The number of nitrogens with one attached hydrogen (secondary N) is 1. The molecule has 152 valence electrons. The number of hydrogen-bond acceptors (Lipinski definition) is 4. The predicted octanol–water partition coefficient (Wildman–Crippen LogP) is 1.88. The first-order valence-corrected chi connectivity index (χ1v) is 10.2. The fraction of sp³-hybridized carbons (Fsp3) is 0.800. The van der Waals surface area contributed by atoms with Gasteiger partial charge in [0.1, 0.15) is 6.10 Å². The quantitative estimate of drug-likeness (QED) is 0.642. The highest BCUT2D eigenvalue weighted by Gasteiger charge is 2.31. The summed E-state index contributed by atoms with van der Waals surface area (Å²) in [6.07, 6.45) is 6.62. The Kier molecular flexibility index (Phi) is 6.42. The summed E-state index contributed by atoms with van der Waals surface area (Å²) in [4.78, 5) is 9.47. The van der Waals surface area contributed by atoms with Crippen LogP contribution in [0.5, 0.6) is 0 Å². The Morgan fingerprint density at radius 1 is 1.37 bits per heavy atom. The van der Waals surface area contributed by atoms with Gasteiger partial charge in [0, 0.05) is 51.0 Å². The Hall–Kier alpha value is -1.60. The van der Waals surface area contributed by atoms with Crippen LogP contribution in [-0.2, 0) is 11.8 Å². The van der Waals surface area contributed by atoms with E-state index >= 15 is 0 Å². The number of morpholine rings is 1. The highest BCUT2D eigenvalue weighted by Crippen LogP contribution is 2.24. The number of nitrogens with zero attached hydrogens (tertiary/aromatic N) is 5. The molecule has 0 amide bonds. The van der Waals surface area contributed by atoms with E-state index in [0.717, 1.165) is 37.1 Å². The lowest BCUT2D eigenvalue weighted by atomic mass is 9.93. The molecule has 7 heteroatoms. The summed E-state index contributed by atoms with van der Waals surface area (Å²) in [7, 11) is 3.81. The topological polar surface area (TPSA) is 57.9 Å². The Bertz CT molecular complexity index is 640. The molecule has 2 unspecified atom stereocenters. The van der Waals surface area contributed by atoms with E-state index in [1.807, 2.05) is 31.2 Å². The monoisotopic (exact) mass is 376 g/mol. The van der Waals surface area contributed by atoms with Gasteiger partial charge in [-0.15, -0.1) is 0 Å². The molecule has 0 bridgehead atoms. The van der Waals surface area contributed by atoms with Crippen LogP contribution in [0, 0.1) is 5.92 Å². The molecule has 1 N–H and O–H groups in total. The Morgan fingerprint density at radius 2 is 2.19 bits per heavy atom. The third-order valence-corrected chi connectivity index (χ3v) is 5.87. The van der Waals surface area contributed by atoms with Crippen LogP contribution in [0.2, 0.25) is 0 Å². The lowest BCUT2D eigenvalue weighted by Crippen LogP contribution is -2.57. The summed E-state index contributed by atoms with van der Waals surface area (Å²) in [6.45, 7) is 12.7. The van der Waals surface area contributed by atoms with Crippen molar-refractivity contribution in [2.75, 3.05) is 46.4 Å². The van der Waals surface area contributed by atoms with Crippen molar-refractivity contribution in [1.29, 1.82) is 0 Å². The summed E-state index contributed by atoms with van der Waals surface area (Å²) in [5.41, 5.74) is 1.24. The second-order valence-corrected chi connectivity index (χ2v) is 8.66. The Balaban J connectivity index is 1.58. The smallest absolute Gasteiger partial charge is 0.193 e. The van der Waals surface area contributed by atoms with Gasteiger partial charge < -0.3 is 15.0 Å². The number of aromatic nitrogens is 2. The molecule has 27 heavy (non-hydrogen) atoms. The molecule has 0 aromatic carbocycles. The largest absolute Gasteiger partial charge is 0.370 e. The zero-order valence-electron chi connectivity index (χ0n) is 17.6. The van der Waals surface area contributed by atoms with Gasteiger partial charge in [-0.3, -0.25) is 14.6 Å². The van der Waals surface area contributed by atoms with Gasteiger partial charge in [0.2, 0.25) is 0 Å². The molecular formula is C20H36N6O. The van der Waals surface area contributed by atoms with Gasteiger partial charge in [0.15, 0.2) is 5.96 Å². The molecule has 2 aliphatic rings. The van der Waals surface area contributed by atoms with E-state index in [1.54, 1.807) is 0 Å². The van der Waals surface area contributed by atoms with Crippen LogP contribution in [0.3, 0.4) is 0 Å². The molecule has 3 rings (SSSR count). The summed E-state index contributed by atoms with van der Waals surface area (Å²) >= 11 is 0. The highest BCUT2D eigenvalue weighted by atomic mass is 16.5. The lowest BCUT2D eigenvalue weighted by Gasteiger charge is -2.44. The van der Waals surface area contributed by atoms with E-state index in [4.69, 9.17) is 4.74 Å². The average Bonchev–Trinajstić information content (AvgIpc) is 3.09. The molecule has 0 radical (unpaired) electrons. The van der Waals surface area contributed by atoms with Crippen molar-refractivity contribution in [2.45, 2.75) is 45.3 Å². The molecule has 0 aliphatic carbocycles. The number of piperidine rings is 1. The SMILES string of the molecule is CN=C(NCC(C)(C)N1CCCC(C)C1)N1CCOC(c2cnn(C)c2)C1. The third-order valence-electron chi connectivity index (χ3n) is 5.87. The Morgan fingerprint density at radius 3 is 2.85 bits per heavy atom. The van der Waals surface area contributed by atoms with Gasteiger partial charge in [-0.05, 0) is 39.2 Å². The van der Waals surface area contributed by atoms with Gasteiger partial charge >= 0.3 is 0 Å². The minimum absolute atomic E-state index is 0.0435. The maximum absolute atomic E-state index is 5.97. The third kappa shape index (κ3) is 5.02. The van der Waals surface area contributed by atoms with Gasteiger partial charge in [-0.2, -0.15) is 5.10 Å². The summed E-state index contributed by atoms with van der Waals surface area (Å²) in [6, 6.07) is 0. The summed E-state index contributed by atoms with van der Waals surface area (Å²) < 4.78 is 7.79. The van der Waals surface area contributed by atoms with E-state index in [9.17, 15) is 0 Å². The number of likely N-dealkylation sites (tertiary alicyclic amines) is 1. The molecule has 2 fully saturated rings. The summed E-state index contributed by atoms with van der Waals surface area (Å²) in [5.74, 6) is 1.75. The van der Waals surface area contributed by atoms with Gasteiger partial charge in [-0.1, -0.05) is 6.92 Å². The molecule has 2 saturated heterocycles. The minimum atomic E-state index is 0.0435. The molecule has 2 atom stereocenters. The van der Waals surface area contributed by atoms with E-state index in [1.165, 1.54) is 25.9 Å². The number of aryl methyl sites for hydroxylation is 1. The van der Waals surface area contributed by atoms with Crippen molar-refractivity contribution in [2.24, 2.45) is 18.0 Å². The van der Waals surface area contributed by atoms with E-state index in [-0.39, 0.29) is 11.6 Å². The van der Waals surface area contributed by atoms with Crippen molar-refractivity contribution in [3.05, 3.63) is 18.0 Å². The maximum Gasteiger partial charge on any atom is 0.193 e. The normalized spacial score (nSPS) is 25.7. The second-order valence-electron chi connectivity index (χ2n) is 8.66. The van der Waals surface area contributed by atoms with E-state index in [2.05, 4.69) is 46.0 Å². The van der Waals surface area contributed by atoms with Crippen molar-refractivity contribution in [3.8, 4) is 0 Å². The zero-order chi connectivity index (χ0) is 19.4. The van der Waals surface area contributed by atoms with Crippen LogP contribution >= 0.6 is 0 Å². The average molecular weight is 377 g/mol. The van der Waals surface area contributed by atoms with E-state index in [0.29, 0.717) is 6.61 Å². The number of aliphatic imine (C=N–C) groups is 1. The van der Waals surface area contributed by atoms with Crippen LogP contribution in [0.1, 0.15) is 45.3 Å². The number of rotatable bonds is 4. The summed E-state index contributed by atoms with van der Waals surface area (Å²) in [5, 5.41) is 7.90. The minimum Gasteiger partial charge on any atom is -0.370 e. The maximum atomic E-state index is 5.97. The van der Waals surface area contributed by atoms with Crippen LogP contribution in [0.15, 0.2) is 17.4 Å². The van der Waals surface area contributed by atoms with Crippen molar-refractivity contribution in [1.82, 2.24) is 24.9 Å². The van der Waals surface area contributed by atoms with Crippen LogP contribution in [0.4, 0.5) is 0 Å². The van der Waals surface area contributed by atoms with Crippen molar-refractivity contribution in [3.63, 3.8) is 0 Å².